The summed E-state index contributed by atoms with van der Waals surface area (Å²) in [7, 11) is -3.82. The maximum absolute atomic E-state index is 11.3. The van der Waals surface area contributed by atoms with Gasteiger partial charge in [0.1, 0.15) is 4.90 Å². The summed E-state index contributed by atoms with van der Waals surface area (Å²) in [5.41, 5.74) is 0.302. The number of nitrogens with zero attached hydrogens (tertiary/aromatic N) is 1. The van der Waals surface area contributed by atoms with Crippen LogP contribution in [-0.2, 0) is 14.8 Å². The summed E-state index contributed by atoms with van der Waals surface area (Å²) in [6, 6.07) is 1.32. The fraction of sp³-hybridized carbons (Fsp3) is 0.667. The molecule has 1 fully saturated rings. The molecule has 0 unspecified atom stereocenters. The average molecular weight is 409 g/mol. The van der Waals surface area contributed by atoms with Crippen molar-refractivity contribution in [2.45, 2.75) is 69.1 Å². The van der Waals surface area contributed by atoms with Gasteiger partial charge >= 0.3 is 0 Å². The van der Waals surface area contributed by atoms with Gasteiger partial charge in [0.2, 0.25) is 15.9 Å². The molecule has 0 saturated carbocycles. The van der Waals surface area contributed by atoms with Crippen LogP contribution in [0.15, 0.2) is 17.2 Å². The number of hydrogen-bond donors (Lipinski definition) is 1. The third-order valence-corrected chi connectivity index (χ3v) is 6.03. The molecule has 156 valence electrons. The first kappa shape index (κ1) is 22.7. The predicted molar refractivity (Wildman–Crippen MR) is 110 cm³/mol. The standard InChI is InChI=1S/C21H32N2O4S/c1-2-19-16-20(28(22,24)25)17-23-21(19)27-13-9-7-5-3-4-6-8-10-18-11-14-26-15-12-18/h1,16-18H,3-15H2,(H2,22,24,25). The van der Waals surface area contributed by atoms with Crippen LogP contribution in [-0.4, -0.2) is 33.2 Å². The molecule has 1 aromatic heterocycles. The van der Waals surface area contributed by atoms with E-state index in [1.165, 1.54) is 63.6 Å². The highest BCUT2D eigenvalue weighted by atomic mass is 32.2. The number of terminal acetylenes is 1. The molecule has 1 aliphatic rings. The van der Waals surface area contributed by atoms with Gasteiger partial charge in [-0.3, -0.25) is 0 Å². The number of pyridine rings is 1. The Morgan fingerprint density at radius 2 is 1.79 bits per heavy atom. The lowest BCUT2D eigenvalue weighted by atomic mass is 9.93. The molecule has 1 aromatic rings. The number of rotatable bonds is 12. The maximum atomic E-state index is 11.3. The van der Waals surface area contributed by atoms with Gasteiger partial charge in [-0.2, -0.15) is 0 Å². The minimum absolute atomic E-state index is 0.107. The average Bonchev–Trinajstić information content (AvgIpc) is 2.69. The van der Waals surface area contributed by atoms with Crippen molar-refractivity contribution >= 4 is 10.0 Å². The molecule has 0 bridgehead atoms. The van der Waals surface area contributed by atoms with Crippen molar-refractivity contribution in [3.05, 3.63) is 17.8 Å². The van der Waals surface area contributed by atoms with E-state index in [0.29, 0.717) is 12.2 Å². The number of unbranched alkanes of at least 4 members (excludes halogenated alkanes) is 6. The Hall–Kier alpha value is -1.62. The van der Waals surface area contributed by atoms with Gasteiger partial charge in [-0.1, -0.05) is 50.9 Å². The molecule has 7 heteroatoms. The minimum Gasteiger partial charge on any atom is -0.477 e. The minimum atomic E-state index is -3.82. The summed E-state index contributed by atoms with van der Waals surface area (Å²) in [6.07, 6.45) is 18.8. The van der Waals surface area contributed by atoms with Crippen LogP contribution in [0.2, 0.25) is 0 Å². The van der Waals surface area contributed by atoms with Crippen LogP contribution in [0.1, 0.15) is 69.8 Å². The van der Waals surface area contributed by atoms with Gasteiger partial charge in [-0.05, 0) is 31.2 Å². The number of primary sulfonamides is 1. The molecule has 0 amide bonds. The molecule has 28 heavy (non-hydrogen) atoms. The highest BCUT2D eigenvalue weighted by Crippen LogP contribution is 2.22. The lowest BCUT2D eigenvalue weighted by Gasteiger charge is -2.21. The molecule has 0 atom stereocenters. The van der Waals surface area contributed by atoms with E-state index in [1.54, 1.807) is 0 Å². The van der Waals surface area contributed by atoms with Crippen LogP contribution in [0.25, 0.3) is 0 Å². The normalized spacial score (nSPS) is 15.3. The molecule has 2 heterocycles. The van der Waals surface area contributed by atoms with Gasteiger partial charge < -0.3 is 9.47 Å². The molecule has 1 aliphatic heterocycles. The van der Waals surface area contributed by atoms with Gasteiger partial charge in [0.05, 0.1) is 18.4 Å². The van der Waals surface area contributed by atoms with Gasteiger partial charge in [0, 0.05) is 13.2 Å². The van der Waals surface area contributed by atoms with Gasteiger partial charge in [0.15, 0.2) is 0 Å². The Balaban J connectivity index is 1.53. The first-order valence-corrected chi connectivity index (χ1v) is 11.8. The summed E-state index contributed by atoms with van der Waals surface area (Å²) < 4.78 is 33.7. The van der Waals surface area contributed by atoms with E-state index in [9.17, 15) is 8.42 Å². The Bertz CT molecular complexity index is 737. The van der Waals surface area contributed by atoms with E-state index in [4.69, 9.17) is 21.0 Å². The van der Waals surface area contributed by atoms with E-state index in [1.807, 2.05) is 0 Å². The summed E-state index contributed by atoms with van der Waals surface area (Å²) in [5, 5.41) is 5.08. The Morgan fingerprint density at radius 3 is 2.43 bits per heavy atom. The van der Waals surface area contributed by atoms with Crippen LogP contribution in [0.5, 0.6) is 5.88 Å². The van der Waals surface area contributed by atoms with Gasteiger partial charge in [-0.15, -0.1) is 6.42 Å². The van der Waals surface area contributed by atoms with Crippen molar-refractivity contribution in [3.63, 3.8) is 0 Å². The van der Waals surface area contributed by atoms with E-state index in [2.05, 4.69) is 10.9 Å². The largest absolute Gasteiger partial charge is 0.477 e. The zero-order valence-electron chi connectivity index (χ0n) is 16.6. The van der Waals surface area contributed by atoms with Crippen LogP contribution in [0.3, 0.4) is 0 Å². The molecule has 2 N–H and O–H groups in total. The third-order valence-electron chi connectivity index (χ3n) is 5.15. The lowest BCUT2D eigenvalue weighted by molar-refractivity contribution is 0.0631. The maximum Gasteiger partial charge on any atom is 0.239 e. The molecular weight excluding hydrogens is 376 g/mol. The number of nitrogens with two attached hydrogens (primary N) is 1. The van der Waals surface area contributed by atoms with Crippen molar-refractivity contribution in [1.29, 1.82) is 0 Å². The number of aromatic nitrogens is 1. The van der Waals surface area contributed by atoms with Crippen molar-refractivity contribution < 1.29 is 17.9 Å². The molecule has 0 aromatic carbocycles. The Kier molecular flexibility index (Phi) is 9.76. The smallest absolute Gasteiger partial charge is 0.239 e. The molecule has 0 spiro atoms. The SMILES string of the molecule is C#Cc1cc(S(N)(=O)=O)cnc1OCCCCCCCCCC1CCOCC1. The highest BCUT2D eigenvalue weighted by molar-refractivity contribution is 7.89. The van der Waals surface area contributed by atoms with E-state index in [0.717, 1.165) is 32.0 Å². The van der Waals surface area contributed by atoms with Crippen LogP contribution < -0.4 is 9.88 Å². The highest BCUT2D eigenvalue weighted by Gasteiger charge is 2.13. The summed E-state index contributed by atoms with van der Waals surface area (Å²) in [6.45, 7) is 2.41. The third kappa shape index (κ3) is 8.17. The van der Waals surface area contributed by atoms with Crippen LogP contribution in [0, 0.1) is 18.3 Å². The van der Waals surface area contributed by atoms with Crippen LogP contribution >= 0.6 is 0 Å². The van der Waals surface area contributed by atoms with Crippen molar-refractivity contribution in [1.82, 2.24) is 4.98 Å². The zero-order valence-corrected chi connectivity index (χ0v) is 17.4. The molecule has 0 radical (unpaired) electrons. The summed E-state index contributed by atoms with van der Waals surface area (Å²) >= 11 is 0. The number of hydrogen-bond acceptors (Lipinski definition) is 5. The molecule has 6 nitrogen and oxygen atoms in total. The zero-order chi connectivity index (χ0) is 20.2. The quantitative estimate of drug-likeness (QED) is 0.421. The first-order chi connectivity index (χ1) is 13.5. The van der Waals surface area contributed by atoms with Gasteiger partial charge in [-0.25, -0.2) is 18.5 Å². The van der Waals surface area contributed by atoms with Crippen LogP contribution in [0.4, 0.5) is 0 Å². The molecule has 1 saturated heterocycles. The van der Waals surface area contributed by atoms with E-state index < -0.39 is 10.0 Å². The lowest BCUT2D eigenvalue weighted by Crippen LogP contribution is -2.15. The Labute approximate surface area is 169 Å². The number of sulfonamides is 1. The fourth-order valence-electron chi connectivity index (χ4n) is 3.43. The van der Waals surface area contributed by atoms with Crippen molar-refractivity contribution in [2.24, 2.45) is 11.1 Å². The fourth-order valence-corrected chi connectivity index (χ4v) is 3.91. The topological polar surface area (TPSA) is 91.5 Å². The van der Waals surface area contributed by atoms with E-state index in [-0.39, 0.29) is 10.8 Å². The second-order valence-electron chi connectivity index (χ2n) is 7.38. The van der Waals surface area contributed by atoms with Gasteiger partial charge in [0.25, 0.3) is 0 Å². The van der Waals surface area contributed by atoms with Crippen molar-refractivity contribution in [3.8, 4) is 18.2 Å². The van der Waals surface area contributed by atoms with Crippen molar-refractivity contribution in [2.75, 3.05) is 19.8 Å². The van der Waals surface area contributed by atoms with E-state index >= 15 is 0 Å². The number of ether oxygens (including phenoxy) is 2. The predicted octanol–water partition coefficient (Wildman–Crippen LogP) is 3.64. The Morgan fingerprint density at radius 1 is 1.14 bits per heavy atom. The molecular formula is C21H32N2O4S. The first-order valence-electron chi connectivity index (χ1n) is 10.2. The molecule has 2 rings (SSSR count). The second-order valence-corrected chi connectivity index (χ2v) is 8.94. The summed E-state index contributed by atoms with van der Waals surface area (Å²) in [5.74, 6) is 3.56. The second kappa shape index (κ2) is 12.1. The summed E-state index contributed by atoms with van der Waals surface area (Å²) in [4.78, 5) is 3.88. The monoisotopic (exact) mass is 408 g/mol. The molecule has 0 aliphatic carbocycles.